The molecule has 1 unspecified atom stereocenters. The molecule has 0 saturated heterocycles. The summed E-state index contributed by atoms with van der Waals surface area (Å²) in [6.07, 6.45) is 1.32. The topological polar surface area (TPSA) is 89.3 Å². The van der Waals surface area contributed by atoms with E-state index >= 15 is 0 Å². The summed E-state index contributed by atoms with van der Waals surface area (Å²) >= 11 is 0. The minimum Gasteiger partial charge on any atom is -0.258 e. The number of nitro groups is 1. The van der Waals surface area contributed by atoms with E-state index in [1.807, 2.05) is 30.3 Å². The molecule has 0 heterocycles. The highest BCUT2D eigenvalue weighted by atomic mass is 32.2. The van der Waals surface area contributed by atoms with Crippen LogP contribution in [0.3, 0.4) is 0 Å². The van der Waals surface area contributed by atoms with Gasteiger partial charge in [0.2, 0.25) is 10.0 Å². The van der Waals surface area contributed by atoms with Gasteiger partial charge in [-0.1, -0.05) is 42.5 Å². The zero-order valence-corrected chi connectivity index (χ0v) is 13.5. The van der Waals surface area contributed by atoms with Crippen LogP contribution in [0.15, 0.2) is 59.5 Å². The van der Waals surface area contributed by atoms with Crippen molar-refractivity contribution in [2.75, 3.05) is 0 Å². The molecule has 6 nitrogen and oxygen atoms in total. The Labute approximate surface area is 135 Å². The molecule has 0 bridgehead atoms. The molecule has 0 radical (unpaired) electrons. The molecule has 0 amide bonds. The van der Waals surface area contributed by atoms with Crippen LogP contribution in [-0.4, -0.2) is 19.4 Å². The van der Waals surface area contributed by atoms with Gasteiger partial charge in [0.05, 0.1) is 4.92 Å². The second-order valence-electron chi connectivity index (χ2n) is 5.27. The number of nitro benzene ring substituents is 1. The average molecular weight is 334 g/mol. The minimum atomic E-state index is -3.93. The maximum Gasteiger partial charge on any atom is 0.289 e. The molecule has 0 aromatic heterocycles. The van der Waals surface area contributed by atoms with Gasteiger partial charge < -0.3 is 0 Å². The van der Waals surface area contributed by atoms with Crippen LogP contribution in [0.4, 0.5) is 5.69 Å². The molecule has 2 aromatic carbocycles. The van der Waals surface area contributed by atoms with Crippen molar-refractivity contribution in [1.29, 1.82) is 0 Å². The van der Waals surface area contributed by atoms with Crippen LogP contribution in [0.2, 0.25) is 0 Å². The molecule has 0 aliphatic carbocycles. The monoisotopic (exact) mass is 334 g/mol. The fourth-order valence-electron chi connectivity index (χ4n) is 2.25. The lowest BCUT2D eigenvalue weighted by atomic mass is 10.1. The SMILES string of the molecule is CC(CCc1ccccc1)NS(=O)(=O)c1ccccc1[N+](=O)[O-]. The molecule has 23 heavy (non-hydrogen) atoms. The van der Waals surface area contributed by atoms with Crippen LogP contribution in [0, 0.1) is 10.1 Å². The number of hydrogen-bond acceptors (Lipinski definition) is 4. The summed E-state index contributed by atoms with van der Waals surface area (Å²) in [5.74, 6) is 0. The molecule has 0 aliphatic heterocycles. The number of hydrogen-bond donors (Lipinski definition) is 1. The first-order chi connectivity index (χ1) is 10.9. The second kappa shape index (κ2) is 7.34. The maximum absolute atomic E-state index is 12.4. The van der Waals surface area contributed by atoms with Crippen molar-refractivity contribution in [2.45, 2.75) is 30.7 Å². The average Bonchev–Trinajstić information content (AvgIpc) is 2.53. The Morgan fingerprint density at radius 1 is 1.09 bits per heavy atom. The van der Waals surface area contributed by atoms with Gasteiger partial charge in [0.1, 0.15) is 0 Å². The third-order valence-corrected chi connectivity index (χ3v) is 5.05. The fourth-order valence-corrected chi connectivity index (χ4v) is 3.70. The standard InChI is InChI=1S/C16H18N2O4S/c1-13(11-12-14-7-3-2-4-8-14)17-23(21,22)16-10-6-5-9-15(16)18(19)20/h2-10,13,17H,11-12H2,1H3. The van der Waals surface area contributed by atoms with E-state index in [0.29, 0.717) is 6.42 Å². The Hall–Kier alpha value is -2.25. The van der Waals surface area contributed by atoms with Crippen LogP contribution in [0.25, 0.3) is 0 Å². The Morgan fingerprint density at radius 2 is 1.70 bits per heavy atom. The lowest BCUT2D eigenvalue weighted by molar-refractivity contribution is -0.387. The number of rotatable bonds is 7. The third-order valence-electron chi connectivity index (χ3n) is 3.42. The Morgan fingerprint density at radius 3 is 2.35 bits per heavy atom. The number of aryl methyl sites for hydroxylation is 1. The quantitative estimate of drug-likeness (QED) is 0.623. The first-order valence-electron chi connectivity index (χ1n) is 7.20. The highest BCUT2D eigenvalue weighted by Gasteiger charge is 2.26. The summed E-state index contributed by atoms with van der Waals surface area (Å²) in [5.41, 5.74) is 0.694. The third kappa shape index (κ3) is 4.61. The van der Waals surface area contributed by atoms with E-state index in [2.05, 4.69) is 4.72 Å². The maximum atomic E-state index is 12.4. The summed E-state index contributed by atoms with van der Waals surface area (Å²) in [5, 5.41) is 11.0. The van der Waals surface area contributed by atoms with Crippen LogP contribution >= 0.6 is 0 Å². The molecule has 0 saturated carbocycles. The number of sulfonamides is 1. The largest absolute Gasteiger partial charge is 0.289 e. The molecule has 1 N–H and O–H groups in total. The highest BCUT2D eigenvalue weighted by molar-refractivity contribution is 7.89. The Kier molecular flexibility index (Phi) is 5.46. The first-order valence-corrected chi connectivity index (χ1v) is 8.68. The van der Waals surface area contributed by atoms with Gasteiger partial charge in [0.15, 0.2) is 4.90 Å². The number of nitrogens with zero attached hydrogens (tertiary/aromatic N) is 1. The van der Waals surface area contributed by atoms with Crippen molar-refractivity contribution in [3.63, 3.8) is 0 Å². The lowest BCUT2D eigenvalue weighted by Gasteiger charge is -2.14. The molecule has 2 rings (SSSR count). The van der Waals surface area contributed by atoms with Crippen molar-refractivity contribution >= 4 is 15.7 Å². The van der Waals surface area contributed by atoms with Crippen molar-refractivity contribution in [3.05, 3.63) is 70.3 Å². The molecular weight excluding hydrogens is 316 g/mol. The summed E-state index contributed by atoms with van der Waals surface area (Å²) in [7, 11) is -3.93. The van der Waals surface area contributed by atoms with Crippen LogP contribution in [0.5, 0.6) is 0 Å². The van der Waals surface area contributed by atoms with Gasteiger partial charge in [0.25, 0.3) is 5.69 Å². The summed E-state index contributed by atoms with van der Waals surface area (Å²) < 4.78 is 27.2. The van der Waals surface area contributed by atoms with Gasteiger partial charge >= 0.3 is 0 Å². The van der Waals surface area contributed by atoms with Crippen molar-refractivity contribution in [2.24, 2.45) is 0 Å². The molecule has 122 valence electrons. The molecule has 1 atom stereocenters. The van der Waals surface area contributed by atoms with Crippen LogP contribution in [-0.2, 0) is 16.4 Å². The summed E-state index contributed by atoms with van der Waals surface area (Å²) in [6, 6.07) is 14.7. The lowest BCUT2D eigenvalue weighted by Crippen LogP contribution is -2.33. The van der Waals surface area contributed by atoms with E-state index in [0.717, 1.165) is 12.0 Å². The number of para-hydroxylation sites is 1. The first kappa shape index (κ1) is 17.1. The zero-order valence-electron chi connectivity index (χ0n) is 12.7. The van der Waals surface area contributed by atoms with Crippen molar-refractivity contribution in [3.8, 4) is 0 Å². The van der Waals surface area contributed by atoms with E-state index in [1.54, 1.807) is 6.92 Å². The zero-order chi connectivity index (χ0) is 16.9. The van der Waals surface area contributed by atoms with E-state index in [4.69, 9.17) is 0 Å². The molecule has 0 fully saturated rings. The van der Waals surface area contributed by atoms with Crippen LogP contribution < -0.4 is 4.72 Å². The molecule has 7 heteroatoms. The number of benzene rings is 2. The van der Waals surface area contributed by atoms with Gasteiger partial charge in [-0.3, -0.25) is 10.1 Å². The molecule has 2 aromatic rings. The van der Waals surface area contributed by atoms with E-state index < -0.39 is 20.6 Å². The molecular formula is C16H18N2O4S. The predicted octanol–water partition coefficient (Wildman–Crippen LogP) is 2.89. The van der Waals surface area contributed by atoms with Gasteiger partial charge in [-0.15, -0.1) is 0 Å². The molecule has 0 aliphatic rings. The van der Waals surface area contributed by atoms with Gasteiger partial charge in [-0.25, -0.2) is 13.1 Å². The smallest absolute Gasteiger partial charge is 0.258 e. The summed E-state index contributed by atoms with van der Waals surface area (Å²) in [6.45, 7) is 1.75. The fraction of sp³-hybridized carbons (Fsp3) is 0.250. The van der Waals surface area contributed by atoms with Crippen molar-refractivity contribution < 1.29 is 13.3 Å². The van der Waals surface area contributed by atoms with Crippen LogP contribution in [0.1, 0.15) is 18.9 Å². The second-order valence-corrected chi connectivity index (χ2v) is 6.95. The van der Waals surface area contributed by atoms with Gasteiger partial charge in [-0.05, 0) is 31.4 Å². The van der Waals surface area contributed by atoms with E-state index in [1.165, 1.54) is 24.3 Å². The highest BCUT2D eigenvalue weighted by Crippen LogP contribution is 2.23. The van der Waals surface area contributed by atoms with Gasteiger partial charge in [0, 0.05) is 12.1 Å². The van der Waals surface area contributed by atoms with Gasteiger partial charge in [-0.2, -0.15) is 0 Å². The van der Waals surface area contributed by atoms with E-state index in [-0.39, 0.29) is 10.9 Å². The normalized spacial score (nSPS) is 12.7. The predicted molar refractivity (Wildman–Crippen MR) is 87.6 cm³/mol. The van der Waals surface area contributed by atoms with E-state index in [9.17, 15) is 18.5 Å². The molecule has 0 spiro atoms. The Balaban J connectivity index is 2.08. The van der Waals surface area contributed by atoms with Crippen molar-refractivity contribution in [1.82, 2.24) is 4.72 Å². The number of nitrogens with one attached hydrogen (secondary N) is 1. The minimum absolute atomic E-state index is 0.309. The Bertz CT molecular complexity index is 776. The summed E-state index contributed by atoms with van der Waals surface area (Å²) in [4.78, 5) is 9.98.